The van der Waals surface area contributed by atoms with Crippen LogP contribution in [0.3, 0.4) is 0 Å². The van der Waals surface area contributed by atoms with Crippen LogP contribution in [0.15, 0.2) is 36.7 Å². The Balaban J connectivity index is 1.52. The lowest BCUT2D eigenvalue weighted by Gasteiger charge is -2.33. The molecule has 0 aliphatic carbocycles. The molecule has 0 radical (unpaired) electrons. The number of aromatic nitrogens is 3. The van der Waals surface area contributed by atoms with Gasteiger partial charge >= 0.3 is 0 Å². The van der Waals surface area contributed by atoms with E-state index in [1.165, 1.54) is 10.7 Å². The maximum Gasteiger partial charge on any atom is 0.242 e. The van der Waals surface area contributed by atoms with Gasteiger partial charge in [-0.25, -0.2) is 9.07 Å². The molecule has 0 spiro atoms. The highest BCUT2D eigenvalue weighted by molar-refractivity contribution is 5.75. The summed E-state index contributed by atoms with van der Waals surface area (Å²) in [4.78, 5) is 14.2. The summed E-state index contributed by atoms with van der Waals surface area (Å²) >= 11 is 0. The highest BCUT2D eigenvalue weighted by atomic mass is 19.1. The molecule has 1 aromatic heterocycles. The number of hydrogen-bond acceptors (Lipinski definition) is 4. The minimum Gasteiger partial charge on any atom is -0.350 e. The van der Waals surface area contributed by atoms with Crippen LogP contribution in [0, 0.1) is 5.82 Å². The van der Waals surface area contributed by atoms with Crippen LogP contribution in [-0.2, 0) is 17.9 Å². The van der Waals surface area contributed by atoms with Gasteiger partial charge in [-0.05, 0) is 25.5 Å². The lowest BCUT2D eigenvalue weighted by molar-refractivity contribution is -0.123. The number of likely N-dealkylation sites (tertiary alicyclic amines) is 1. The molecule has 1 N–H and O–H groups in total. The zero-order valence-electron chi connectivity index (χ0n) is 12.9. The van der Waals surface area contributed by atoms with Crippen molar-refractivity contribution in [3.63, 3.8) is 0 Å². The molecule has 1 saturated heterocycles. The Hall–Kier alpha value is -2.28. The lowest BCUT2D eigenvalue weighted by atomic mass is 10.0. The predicted octanol–water partition coefficient (Wildman–Crippen LogP) is 1.20. The molecule has 1 atom stereocenters. The summed E-state index contributed by atoms with van der Waals surface area (Å²) < 4.78 is 15.2. The first-order valence-electron chi connectivity index (χ1n) is 7.80. The summed E-state index contributed by atoms with van der Waals surface area (Å²) in [6.07, 6.45) is 5.13. The standard InChI is InChI=1S/C16H20FN5O/c17-15-6-2-1-4-13(15)10-21-8-3-5-14(11-21)19-16(23)12-22-9-7-18-20-22/h1-2,4,6-7,9,14H,3,5,8,10-12H2,(H,19,23)/t14-/m0/s1. The first-order valence-corrected chi connectivity index (χ1v) is 7.80. The number of amides is 1. The summed E-state index contributed by atoms with van der Waals surface area (Å²) in [5.41, 5.74) is 0.696. The monoisotopic (exact) mass is 317 g/mol. The molecule has 1 aliphatic heterocycles. The fourth-order valence-corrected chi connectivity index (χ4v) is 2.92. The fraction of sp³-hybridized carbons (Fsp3) is 0.438. The third kappa shape index (κ3) is 4.35. The molecule has 7 heteroatoms. The summed E-state index contributed by atoms with van der Waals surface area (Å²) in [5.74, 6) is -0.252. The molecule has 1 fully saturated rings. The molecule has 0 bridgehead atoms. The van der Waals surface area contributed by atoms with Crippen LogP contribution in [0.25, 0.3) is 0 Å². The Labute approximate surface area is 134 Å². The van der Waals surface area contributed by atoms with Crippen molar-refractivity contribution >= 4 is 5.91 Å². The molecule has 6 nitrogen and oxygen atoms in total. The molecule has 2 aromatic rings. The van der Waals surface area contributed by atoms with Gasteiger partial charge < -0.3 is 5.32 Å². The third-order valence-corrected chi connectivity index (χ3v) is 4.00. The Morgan fingerprint density at radius 1 is 1.39 bits per heavy atom. The van der Waals surface area contributed by atoms with Crippen molar-refractivity contribution in [2.75, 3.05) is 13.1 Å². The largest absolute Gasteiger partial charge is 0.350 e. The van der Waals surface area contributed by atoms with Gasteiger partial charge in [0.1, 0.15) is 12.4 Å². The predicted molar refractivity (Wildman–Crippen MR) is 82.9 cm³/mol. The zero-order valence-corrected chi connectivity index (χ0v) is 12.9. The van der Waals surface area contributed by atoms with Crippen LogP contribution >= 0.6 is 0 Å². The normalized spacial score (nSPS) is 18.7. The molecule has 0 unspecified atom stereocenters. The maximum absolute atomic E-state index is 13.8. The quantitative estimate of drug-likeness (QED) is 0.900. The smallest absolute Gasteiger partial charge is 0.242 e. The topological polar surface area (TPSA) is 63.1 Å². The Bertz CT molecular complexity index is 646. The minimum absolute atomic E-state index is 0.0757. The molecule has 3 rings (SSSR count). The molecule has 1 aliphatic rings. The van der Waals surface area contributed by atoms with Crippen molar-refractivity contribution in [1.29, 1.82) is 0 Å². The van der Waals surface area contributed by atoms with E-state index in [0.717, 1.165) is 25.9 Å². The van der Waals surface area contributed by atoms with E-state index in [2.05, 4.69) is 20.5 Å². The van der Waals surface area contributed by atoms with E-state index in [-0.39, 0.29) is 24.3 Å². The van der Waals surface area contributed by atoms with Gasteiger partial charge in [0.25, 0.3) is 0 Å². The molecule has 23 heavy (non-hydrogen) atoms. The minimum atomic E-state index is -0.176. The van der Waals surface area contributed by atoms with Crippen LogP contribution in [0.5, 0.6) is 0 Å². The number of halogens is 1. The Morgan fingerprint density at radius 2 is 2.26 bits per heavy atom. The summed E-state index contributed by atoms with van der Waals surface area (Å²) in [7, 11) is 0. The number of nitrogens with one attached hydrogen (secondary N) is 1. The molecule has 2 heterocycles. The average molecular weight is 317 g/mol. The van der Waals surface area contributed by atoms with Gasteiger partial charge in [0, 0.05) is 30.9 Å². The van der Waals surface area contributed by atoms with Crippen LogP contribution in [-0.4, -0.2) is 44.9 Å². The number of rotatable bonds is 5. The second kappa shape index (κ2) is 7.32. The number of benzene rings is 1. The maximum atomic E-state index is 13.8. The molecule has 1 amide bonds. The molecular formula is C16H20FN5O. The number of hydrogen-bond donors (Lipinski definition) is 1. The fourth-order valence-electron chi connectivity index (χ4n) is 2.92. The van der Waals surface area contributed by atoms with E-state index in [1.54, 1.807) is 18.5 Å². The van der Waals surface area contributed by atoms with Crippen LogP contribution in [0.4, 0.5) is 4.39 Å². The number of carbonyl (C=O) groups excluding carboxylic acids is 1. The van der Waals surface area contributed by atoms with Gasteiger partial charge in [0.15, 0.2) is 0 Å². The van der Waals surface area contributed by atoms with Gasteiger partial charge in [-0.3, -0.25) is 9.69 Å². The second-order valence-electron chi connectivity index (χ2n) is 5.83. The second-order valence-corrected chi connectivity index (χ2v) is 5.83. The summed E-state index contributed by atoms with van der Waals surface area (Å²) in [6, 6.07) is 6.92. The van der Waals surface area contributed by atoms with Crippen molar-refractivity contribution in [3.05, 3.63) is 48.0 Å². The van der Waals surface area contributed by atoms with E-state index in [9.17, 15) is 9.18 Å². The van der Waals surface area contributed by atoms with Crippen molar-refractivity contribution in [2.45, 2.75) is 32.0 Å². The number of piperidine rings is 1. The SMILES string of the molecule is O=C(Cn1ccnn1)N[C@H]1CCCN(Cc2ccccc2F)C1. The van der Waals surface area contributed by atoms with E-state index < -0.39 is 0 Å². The van der Waals surface area contributed by atoms with Gasteiger partial charge in [-0.2, -0.15) is 0 Å². The highest BCUT2D eigenvalue weighted by Crippen LogP contribution is 2.15. The molecule has 1 aromatic carbocycles. The van der Waals surface area contributed by atoms with E-state index in [4.69, 9.17) is 0 Å². The van der Waals surface area contributed by atoms with Crippen LogP contribution < -0.4 is 5.32 Å². The van der Waals surface area contributed by atoms with Crippen molar-refractivity contribution in [1.82, 2.24) is 25.2 Å². The van der Waals surface area contributed by atoms with Crippen molar-refractivity contribution < 1.29 is 9.18 Å². The van der Waals surface area contributed by atoms with E-state index in [0.29, 0.717) is 12.1 Å². The van der Waals surface area contributed by atoms with E-state index >= 15 is 0 Å². The van der Waals surface area contributed by atoms with Crippen LogP contribution in [0.1, 0.15) is 18.4 Å². The van der Waals surface area contributed by atoms with Gasteiger partial charge in [-0.15, -0.1) is 5.10 Å². The first-order chi connectivity index (χ1) is 11.2. The summed E-state index contributed by atoms with van der Waals surface area (Å²) in [6.45, 7) is 2.40. The van der Waals surface area contributed by atoms with Gasteiger partial charge in [-0.1, -0.05) is 23.4 Å². The zero-order chi connectivity index (χ0) is 16.1. The molecular weight excluding hydrogens is 297 g/mol. The number of nitrogens with zero attached hydrogens (tertiary/aromatic N) is 4. The lowest BCUT2D eigenvalue weighted by Crippen LogP contribution is -2.48. The number of carbonyl (C=O) groups is 1. The van der Waals surface area contributed by atoms with Crippen LogP contribution in [0.2, 0.25) is 0 Å². The Morgan fingerprint density at radius 3 is 3.04 bits per heavy atom. The average Bonchev–Trinajstić information content (AvgIpc) is 3.03. The Kier molecular flexibility index (Phi) is 4.97. The third-order valence-electron chi connectivity index (χ3n) is 4.00. The summed E-state index contributed by atoms with van der Waals surface area (Å²) in [5, 5.41) is 10.5. The first kappa shape index (κ1) is 15.6. The molecule has 122 valence electrons. The van der Waals surface area contributed by atoms with Crippen molar-refractivity contribution in [3.8, 4) is 0 Å². The molecule has 0 saturated carbocycles. The van der Waals surface area contributed by atoms with Gasteiger partial charge in [0.2, 0.25) is 5.91 Å². The van der Waals surface area contributed by atoms with E-state index in [1.807, 2.05) is 12.1 Å². The van der Waals surface area contributed by atoms with Gasteiger partial charge in [0.05, 0.1) is 6.20 Å². The van der Waals surface area contributed by atoms with Crippen molar-refractivity contribution in [2.24, 2.45) is 0 Å². The highest BCUT2D eigenvalue weighted by Gasteiger charge is 2.22.